The maximum Gasteiger partial charge on any atom is 0.263 e. The molecule has 0 bridgehead atoms. The number of aromatic nitrogens is 2. The Kier molecular flexibility index (Phi) is 6.68. The second-order valence-electron chi connectivity index (χ2n) is 5.21. The summed E-state index contributed by atoms with van der Waals surface area (Å²) in [6.07, 6.45) is 4.35. The summed E-state index contributed by atoms with van der Waals surface area (Å²) < 4.78 is 0. The number of aryl methyl sites for hydroxylation is 1. The Balaban J connectivity index is 1.85. The summed E-state index contributed by atoms with van der Waals surface area (Å²) in [5.74, 6) is -0.507. The number of hydrogen-bond acceptors (Lipinski definition) is 5. The van der Waals surface area contributed by atoms with Crippen LogP contribution >= 0.6 is 11.3 Å². The van der Waals surface area contributed by atoms with Crippen molar-refractivity contribution >= 4 is 28.3 Å². The molecule has 2 heterocycles. The quantitative estimate of drug-likeness (QED) is 0.634. The first-order chi connectivity index (χ1) is 11.6. The molecule has 8 heteroatoms. The molecule has 0 atom stereocenters. The maximum absolute atomic E-state index is 12.0. The van der Waals surface area contributed by atoms with Crippen molar-refractivity contribution in [2.24, 2.45) is 0 Å². The fourth-order valence-corrected chi connectivity index (χ4v) is 2.72. The molecule has 0 unspecified atom stereocenters. The van der Waals surface area contributed by atoms with Gasteiger partial charge in [-0.05, 0) is 25.0 Å². The highest BCUT2D eigenvalue weighted by atomic mass is 32.1. The van der Waals surface area contributed by atoms with Crippen LogP contribution in [0.15, 0.2) is 28.5 Å². The minimum atomic E-state index is -0.505. The Bertz CT molecular complexity index is 754. The Morgan fingerprint density at radius 1 is 1.38 bits per heavy atom. The van der Waals surface area contributed by atoms with Crippen LogP contribution in [0, 0.1) is 0 Å². The number of nitrogens with zero attached hydrogens (tertiary/aromatic N) is 1. The van der Waals surface area contributed by atoms with Gasteiger partial charge in [-0.2, -0.15) is 0 Å². The lowest BCUT2D eigenvalue weighted by atomic mass is 10.2. The Hall–Kier alpha value is -2.48. The van der Waals surface area contributed by atoms with Gasteiger partial charge in [0.25, 0.3) is 11.5 Å². The number of carbonyl (C=O) groups excluding carboxylic acids is 2. The Labute approximate surface area is 143 Å². The first kappa shape index (κ1) is 17.9. The highest BCUT2D eigenvalue weighted by Crippen LogP contribution is 2.17. The molecule has 0 aliphatic heterocycles. The number of thiazole rings is 1. The zero-order valence-electron chi connectivity index (χ0n) is 13.4. The third kappa shape index (κ3) is 5.31. The maximum atomic E-state index is 12.0. The number of nitrogens with one attached hydrogen (secondary N) is 3. The first-order valence-electron chi connectivity index (χ1n) is 7.80. The molecule has 3 N–H and O–H groups in total. The summed E-state index contributed by atoms with van der Waals surface area (Å²) in [4.78, 5) is 42.0. The van der Waals surface area contributed by atoms with Crippen LogP contribution in [0.4, 0.5) is 5.13 Å². The fourth-order valence-electron chi connectivity index (χ4n) is 1.98. The fraction of sp³-hybridized carbons (Fsp3) is 0.375. The van der Waals surface area contributed by atoms with E-state index in [1.165, 1.54) is 23.6 Å². The summed E-state index contributed by atoms with van der Waals surface area (Å²) in [6.45, 7) is 2.76. The standard InChI is InChI=1S/C16H20N4O3S/c1-2-3-8-17-13(21)7-6-11-10-24-16(19-11)20-15(23)12-5-4-9-18-14(12)22/h4-5,9-10H,2-3,6-8H2,1H3,(H,17,21)(H,18,22)(H,19,20,23). The lowest BCUT2D eigenvalue weighted by Gasteiger charge is -2.02. The molecule has 0 aliphatic carbocycles. The van der Waals surface area contributed by atoms with Gasteiger partial charge < -0.3 is 10.3 Å². The van der Waals surface area contributed by atoms with Crippen molar-refractivity contribution < 1.29 is 9.59 Å². The van der Waals surface area contributed by atoms with E-state index >= 15 is 0 Å². The normalized spacial score (nSPS) is 10.4. The molecule has 7 nitrogen and oxygen atoms in total. The molecular weight excluding hydrogens is 328 g/mol. The van der Waals surface area contributed by atoms with E-state index in [1.807, 2.05) is 0 Å². The van der Waals surface area contributed by atoms with E-state index in [0.29, 0.717) is 24.5 Å². The summed E-state index contributed by atoms with van der Waals surface area (Å²) in [5.41, 5.74) is 0.322. The molecule has 0 radical (unpaired) electrons. The number of anilines is 1. The minimum absolute atomic E-state index is 0.00199. The number of hydrogen-bond donors (Lipinski definition) is 3. The van der Waals surface area contributed by atoms with Crippen LogP contribution in [0.5, 0.6) is 0 Å². The number of aromatic amines is 1. The lowest BCUT2D eigenvalue weighted by Crippen LogP contribution is -2.24. The SMILES string of the molecule is CCCCNC(=O)CCc1csc(NC(=O)c2ccc[nH]c2=O)n1. The lowest BCUT2D eigenvalue weighted by molar-refractivity contribution is -0.121. The van der Waals surface area contributed by atoms with Crippen LogP contribution < -0.4 is 16.2 Å². The van der Waals surface area contributed by atoms with Gasteiger partial charge in [-0.1, -0.05) is 13.3 Å². The monoisotopic (exact) mass is 348 g/mol. The van der Waals surface area contributed by atoms with Crippen molar-refractivity contribution in [1.29, 1.82) is 0 Å². The predicted molar refractivity (Wildman–Crippen MR) is 93.4 cm³/mol. The summed E-state index contributed by atoms with van der Waals surface area (Å²) in [6, 6.07) is 3.03. The molecule has 0 aromatic carbocycles. The van der Waals surface area contributed by atoms with E-state index in [1.54, 1.807) is 11.4 Å². The van der Waals surface area contributed by atoms with E-state index in [4.69, 9.17) is 0 Å². The topological polar surface area (TPSA) is 104 Å². The minimum Gasteiger partial charge on any atom is -0.356 e. The molecule has 0 saturated heterocycles. The molecule has 128 valence electrons. The van der Waals surface area contributed by atoms with Gasteiger partial charge in [0.15, 0.2) is 5.13 Å². The van der Waals surface area contributed by atoms with Gasteiger partial charge in [0.05, 0.1) is 5.69 Å². The average molecular weight is 348 g/mol. The molecule has 0 spiro atoms. The van der Waals surface area contributed by atoms with Crippen molar-refractivity contribution in [3.8, 4) is 0 Å². The molecular formula is C16H20N4O3S. The van der Waals surface area contributed by atoms with E-state index in [9.17, 15) is 14.4 Å². The zero-order valence-corrected chi connectivity index (χ0v) is 14.2. The summed E-state index contributed by atoms with van der Waals surface area (Å²) >= 11 is 1.26. The van der Waals surface area contributed by atoms with Crippen molar-refractivity contribution in [2.75, 3.05) is 11.9 Å². The van der Waals surface area contributed by atoms with Crippen LogP contribution in [0.2, 0.25) is 0 Å². The van der Waals surface area contributed by atoms with Crippen LogP contribution in [0.1, 0.15) is 42.2 Å². The molecule has 2 aromatic rings. The van der Waals surface area contributed by atoms with Crippen LogP contribution in [-0.4, -0.2) is 28.3 Å². The van der Waals surface area contributed by atoms with Gasteiger partial charge in [-0.3, -0.25) is 19.7 Å². The number of pyridine rings is 1. The summed E-state index contributed by atoms with van der Waals surface area (Å²) in [7, 11) is 0. The number of rotatable bonds is 8. The molecule has 2 rings (SSSR count). The first-order valence-corrected chi connectivity index (χ1v) is 8.68. The van der Waals surface area contributed by atoms with Crippen LogP contribution in [0.25, 0.3) is 0 Å². The molecule has 2 amide bonds. The van der Waals surface area contributed by atoms with Crippen molar-refractivity contribution in [3.05, 3.63) is 45.3 Å². The van der Waals surface area contributed by atoms with Crippen LogP contribution in [-0.2, 0) is 11.2 Å². The zero-order chi connectivity index (χ0) is 17.4. The molecule has 2 aromatic heterocycles. The number of unbranched alkanes of at least 4 members (excludes halogenated alkanes) is 1. The van der Waals surface area contributed by atoms with E-state index in [-0.39, 0.29) is 11.5 Å². The smallest absolute Gasteiger partial charge is 0.263 e. The second-order valence-corrected chi connectivity index (χ2v) is 6.07. The van der Waals surface area contributed by atoms with Crippen LogP contribution in [0.3, 0.4) is 0 Å². The van der Waals surface area contributed by atoms with E-state index < -0.39 is 11.5 Å². The van der Waals surface area contributed by atoms with E-state index in [2.05, 4.69) is 27.5 Å². The number of amides is 2. The van der Waals surface area contributed by atoms with Crippen molar-refractivity contribution in [2.45, 2.75) is 32.6 Å². The highest BCUT2D eigenvalue weighted by Gasteiger charge is 2.12. The van der Waals surface area contributed by atoms with Gasteiger partial charge >= 0.3 is 0 Å². The van der Waals surface area contributed by atoms with Crippen molar-refractivity contribution in [1.82, 2.24) is 15.3 Å². The molecule has 0 fully saturated rings. The molecule has 24 heavy (non-hydrogen) atoms. The number of H-pyrrole nitrogens is 1. The summed E-state index contributed by atoms with van der Waals surface area (Å²) in [5, 5.41) is 7.65. The van der Waals surface area contributed by atoms with Gasteiger partial charge in [-0.15, -0.1) is 11.3 Å². The predicted octanol–water partition coefficient (Wildman–Crippen LogP) is 1.93. The van der Waals surface area contributed by atoms with E-state index in [0.717, 1.165) is 18.5 Å². The van der Waals surface area contributed by atoms with Crippen molar-refractivity contribution in [3.63, 3.8) is 0 Å². The number of carbonyl (C=O) groups is 2. The van der Waals surface area contributed by atoms with Gasteiger partial charge in [0, 0.05) is 24.5 Å². The third-order valence-electron chi connectivity index (χ3n) is 3.30. The van der Waals surface area contributed by atoms with Gasteiger partial charge in [-0.25, -0.2) is 4.98 Å². The second kappa shape index (κ2) is 8.97. The molecule has 0 saturated carbocycles. The molecule has 0 aliphatic rings. The van der Waals surface area contributed by atoms with Gasteiger partial charge in [0.2, 0.25) is 5.91 Å². The van der Waals surface area contributed by atoms with Gasteiger partial charge in [0.1, 0.15) is 5.56 Å². The third-order valence-corrected chi connectivity index (χ3v) is 4.10. The highest BCUT2D eigenvalue weighted by molar-refractivity contribution is 7.14. The largest absolute Gasteiger partial charge is 0.356 e. The Morgan fingerprint density at radius 3 is 2.96 bits per heavy atom. The Morgan fingerprint density at radius 2 is 2.21 bits per heavy atom. The average Bonchev–Trinajstić information content (AvgIpc) is 3.01.